The summed E-state index contributed by atoms with van der Waals surface area (Å²) in [6.07, 6.45) is 5.86. The molecule has 1 aromatic heterocycles. The van der Waals surface area contributed by atoms with E-state index < -0.39 is 11.6 Å². The van der Waals surface area contributed by atoms with Gasteiger partial charge in [0.2, 0.25) is 17.6 Å². The number of likely N-dealkylation sites (N-methyl/N-ethyl adjacent to an activating group) is 1. The Labute approximate surface area is 198 Å². The van der Waals surface area contributed by atoms with Gasteiger partial charge in [0.25, 0.3) is 0 Å². The maximum Gasteiger partial charge on any atom is 0.238 e. The van der Waals surface area contributed by atoms with Gasteiger partial charge in [-0.1, -0.05) is 0 Å². The lowest BCUT2D eigenvalue weighted by molar-refractivity contribution is -0.106. The molecule has 1 fully saturated rings. The van der Waals surface area contributed by atoms with Crippen molar-refractivity contribution in [2.45, 2.75) is 38.8 Å². The minimum atomic E-state index is -1.27. The van der Waals surface area contributed by atoms with E-state index in [4.69, 9.17) is 19.0 Å². The molecule has 1 saturated heterocycles. The molecule has 1 unspecified atom stereocenters. The van der Waals surface area contributed by atoms with Crippen LogP contribution >= 0.6 is 0 Å². The Hall–Kier alpha value is -3.02. The molecule has 2 heterocycles. The molecule has 1 aromatic carbocycles. The van der Waals surface area contributed by atoms with Crippen LogP contribution < -0.4 is 20.1 Å². The summed E-state index contributed by atoms with van der Waals surface area (Å²) in [6, 6.07) is 3.11. The first kappa shape index (κ1) is 29.0. The van der Waals surface area contributed by atoms with Crippen LogP contribution in [0.1, 0.15) is 37.0 Å². The first-order chi connectivity index (χ1) is 16.4. The second-order valence-electron chi connectivity index (χ2n) is 7.11. The molecule has 0 radical (unpaired) electrons. The number of nitrogens with zero attached hydrogens (tertiary/aromatic N) is 2. The fourth-order valence-electron chi connectivity index (χ4n) is 2.54. The van der Waals surface area contributed by atoms with Crippen LogP contribution in [0.2, 0.25) is 0 Å². The number of ether oxygens (including phenoxy) is 3. The summed E-state index contributed by atoms with van der Waals surface area (Å²) in [5.74, 6) is -2.68. The molecule has 2 aromatic rings. The standard InChI is InChI=1S/C15H15F2N3O3.C6H13NO.C2H4O/c1-9(18-2)8-22-12-5-20-13(6-19-12)23-11-4-3-10(7-21)14(16)15(11)17;1-7-6-2-4-8-5-3-6;1-2-3/h3-7,9,18H,8H2,1-2H3;6-7H,2-5H2,1H3;2H,1H3. The Kier molecular flexibility index (Phi) is 14.1. The Morgan fingerprint density at radius 3 is 2.24 bits per heavy atom. The van der Waals surface area contributed by atoms with Crippen molar-refractivity contribution in [1.82, 2.24) is 20.6 Å². The number of aldehydes is 2. The van der Waals surface area contributed by atoms with E-state index in [-0.39, 0.29) is 35.4 Å². The maximum atomic E-state index is 13.7. The molecule has 0 spiro atoms. The third kappa shape index (κ3) is 10.3. The summed E-state index contributed by atoms with van der Waals surface area (Å²) in [6.45, 7) is 5.65. The quantitative estimate of drug-likeness (QED) is 0.549. The van der Waals surface area contributed by atoms with E-state index in [1.165, 1.54) is 32.2 Å². The highest BCUT2D eigenvalue weighted by molar-refractivity contribution is 5.75. The molecule has 188 valence electrons. The summed E-state index contributed by atoms with van der Waals surface area (Å²) in [4.78, 5) is 27.2. The third-order valence-corrected chi connectivity index (χ3v) is 4.63. The molecular formula is C23H32F2N4O5. The van der Waals surface area contributed by atoms with Crippen LogP contribution in [0.5, 0.6) is 17.5 Å². The molecule has 0 saturated carbocycles. The van der Waals surface area contributed by atoms with Crippen molar-refractivity contribution in [2.24, 2.45) is 0 Å². The van der Waals surface area contributed by atoms with Gasteiger partial charge in [-0.2, -0.15) is 4.39 Å². The third-order valence-electron chi connectivity index (χ3n) is 4.63. The molecular weight excluding hydrogens is 450 g/mol. The number of aromatic nitrogens is 2. The fraction of sp³-hybridized carbons (Fsp3) is 0.478. The highest BCUT2D eigenvalue weighted by Gasteiger charge is 2.15. The minimum Gasteiger partial charge on any atom is -0.475 e. The number of rotatable bonds is 8. The molecule has 2 N–H and O–H groups in total. The van der Waals surface area contributed by atoms with Crippen LogP contribution in [-0.4, -0.2) is 68.5 Å². The van der Waals surface area contributed by atoms with Crippen LogP contribution in [0.25, 0.3) is 0 Å². The van der Waals surface area contributed by atoms with Gasteiger partial charge >= 0.3 is 0 Å². The molecule has 1 atom stereocenters. The summed E-state index contributed by atoms with van der Waals surface area (Å²) >= 11 is 0. The zero-order valence-corrected chi connectivity index (χ0v) is 19.8. The first-order valence-corrected chi connectivity index (χ1v) is 10.8. The van der Waals surface area contributed by atoms with Crippen LogP contribution in [0.4, 0.5) is 8.78 Å². The number of benzene rings is 1. The Morgan fingerprint density at radius 1 is 1.12 bits per heavy atom. The Balaban J connectivity index is 0.000000434. The lowest BCUT2D eigenvalue weighted by atomic mass is 10.1. The van der Waals surface area contributed by atoms with Gasteiger partial charge in [0.05, 0.1) is 18.0 Å². The highest BCUT2D eigenvalue weighted by Crippen LogP contribution is 2.26. The van der Waals surface area contributed by atoms with Crippen molar-refractivity contribution >= 4 is 12.6 Å². The molecule has 3 rings (SSSR count). The summed E-state index contributed by atoms with van der Waals surface area (Å²) in [5.41, 5.74) is -0.386. The topological polar surface area (TPSA) is 112 Å². The number of carbonyl (C=O) groups is 2. The van der Waals surface area contributed by atoms with Gasteiger partial charge in [-0.15, -0.1) is 0 Å². The van der Waals surface area contributed by atoms with Crippen LogP contribution in [-0.2, 0) is 9.53 Å². The zero-order valence-electron chi connectivity index (χ0n) is 19.8. The Morgan fingerprint density at radius 2 is 1.74 bits per heavy atom. The predicted octanol–water partition coefficient (Wildman–Crippen LogP) is 2.94. The summed E-state index contributed by atoms with van der Waals surface area (Å²) in [5, 5.41) is 6.22. The van der Waals surface area contributed by atoms with E-state index in [2.05, 4.69) is 20.6 Å². The molecule has 0 bridgehead atoms. The van der Waals surface area contributed by atoms with Crippen LogP contribution in [0.3, 0.4) is 0 Å². The maximum absolute atomic E-state index is 13.7. The molecule has 0 amide bonds. The average Bonchev–Trinajstić information content (AvgIpc) is 2.87. The smallest absolute Gasteiger partial charge is 0.238 e. The number of hydrogen-bond acceptors (Lipinski definition) is 9. The van der Waals surface area contributed by atoms with Crippen molar-refractivity contribution in [1.29, 1.82) is 0 Å². The summed E-state index contributed by atoms with van der Waals surface area (Å²) in [7, 11) is 3.82. The van der Waals surface area contributed by atoms with E-state index in [9.17, 15) is 13.6 Å². The van der Waals surface area contributed by atoms with Crippen molar-refractivity contribution < 1.29 is 32.6 Å². The second kappa shape index (κ2) is 16.6. The van der Waals surface area contributed by atoms with Gasteiger partial charge in [0.15, 0.2) is 17.9 Å². The normalized spacial score (nSPS) is 13.9. The van der Waals surface area contributed by atoms with E-state index in [0.29, 0.717) is 12.6 Å². The van der Waals surface area contributed by atoms with Crippen molar-refractivity contribution in [3.63, 3.8) is 0 Å². The zero-order chi connectivity index (χ0) is 25.3. The van der Waals surface area contributed by atoms with Crippen molar-refractivity contribution in [2.75, 3.05) is 33.9 Å². The van der Waals surface area contributed by atoms with E-state index in [1.807, 2.05) is 14.0 Å². The Bertz CT molecular complexity index is 865. The van der Waals surface area contributed by atoms with Gasteiger partial charge in [0, 0.05) is 25.3 Å². The predicted molar refractivity (Wildman–Crippen MR) is 123 cm³/mol. The van der Waals surface area contributed by atoms with Crippen molar-refractivity contribution in [3.8, 4) is 17.5 Å². The lowest BCUT2D eigenvalue weighted by Gasteiger charge is -2.20. The van der Waals surface area contributed by atoms with Crippen LogP contribution in [0, 0.1) is 11.6 Å². The van der Waals surface area contributed by atoms with E-state index >= 15 is 0 Å². The first-order valence-electron chi connectivity index (χ1n) is 10.8. The highest BCUT2D eigenvalue weighted by atomic mass is 19.2. The fourth-order valence-corrected chi connectivity index (χ4v) is 2.54. The van der Waals surface area contributed by atoms with E-state index in [0.717, 1.165) is 31.6 Å². The SMILES string of the molecule is CC=O.CNC(C)COc1cnc(Oc2ccc(C=O)c(F)c2F)cn1.CNC1CCOCC1. The average molecular weight is 483 g/mol. The monoisotopic (exact) mass is 482 g/mol. The largest absolute Gasteiger partial charge is 0.475 e. The van der Waals surface area contributed by atoms with Gasteiger partial charge in [-0.25, -0.2) is 14.4 Å². The molecule has 34 heavy (non-hydrogen) atoms. The van der Waals surface area contributed by atoms with Gasteiger partial charge in [-0.05, 0) is 52.9 Å². The molecule has 0 aliphatic carbocycles. The van der Waals surface area contributed by atoms with Gasteiger partial charge < -0.3 is 29.6 Å². The molecule has 1 aliphatic rings. The lowest BCUT2D eigenvalue weighted by Crippen LogP contribution is -2.31. The molecule has 9 nitrogen and oxygen atoms in total. The number of nitrogens with one attached hydrogen (secondary N) is 2. The summed E-state index contributed by atoms with van der Waals surface area (Å²) < 4.78 is 42.9. The van der Waals surface area contributed by atoms with E-state index in [1.54, 1.807) is 7.05 Å². The molecule has 1 aliphatic heterocycles. The number of hydrogen-bond donors (Lipinski definition) is 2. The number of carbonyl (C=O) groups excluding carboxylic acids is 2. The molecule has 11 heteroatoms. The van der Waals surface area contributed by atoms with Gasteiger partial charge in [-0.3, -0.25) is 4.79 Å². The number of halogens is 2. The second-order valence-corrected chi connectivity index (χ2v) is 7.11. The van der Waals surface area contributed by atoms with Crippen LogP contribution in [0.15, 0.2) is 24.5 Å². The minimum absolute atomic E-state index is 0.0313. The van der Waals surface area contributed by atoms with Gasteiger partial charge in [0.1, 0.15) is 12.9 Å². The van der Waals surface area contributed by atoms with Crippen molar-refractivity contribution in [3.05, 3.63) is 41.7 Å².